The van der Waals surface area contributed by atoms with Crippen LogP contribution in [0.3, 0.4) is 0 Å². The number of carbonyl (C=O) groups excluding carboxylic acids is 2. The van der Waals surface area contributed by atoms with Crippen LogP contribution < -0.4 is 10.5 Å². The molecule has 3 N–H and O–H groups in total. The lowest BCUT2D eigenvalue weighted by Gasteiger charge is -2.31. The third kappa shape index (κ3) is 4.60. The van der Waals surface area contributed by atoms with E-state index in [4.69, 9.17) is 15.5 Å². The van der Waals surface area contributed by atoms with E-state index in [1.54, 1.807) is 47.0 Å². The maximum Gasteiger partial charge on any atom is 0.269 e. The highest BCUT2D eigenvalue weighted by molar-refractivity contribution is 5.98. The second kappa shape index (κ2) is 9.93. The summed E-state index contributed by atoms with van der Waals surface area (Å²) >= 11 is 0. The van der Waals surface area contributed by atoms with Crippen molar-refractivity contribution in [2.45, 2.75) is 32.6 Å². The number of rotatable bonds is 6. The van der Waals surface area contributed by atoms with Crippen molar-refractivity contribution in [1.29, 1.82) is 0 Å². The van der Waals surface area contributed by atoms with E-state index in [9.17, 15) is 14.0 Å². The van der Waals surface area contributed by atoms with Gasteiger partial charge in [-0.25, -0.2) is 13.9 Å². The quantitative estimate of drug-likeness (QED) is 0.361. The average Bonchev–Trinajstić information content (AvgIpc) is 3.49. The summed E-state index contributed by atoms with van der Waals surface area (Å²) in [5.74, 6) is -0.218. The number of carbonyl (C=O) groups is 2. The number of aromatic amines is 1. The van der Waals surface area contributed by atoms with Gasteiger partial charge in [-0.1, -0.05) is 18.2 Å². The third-order valence-electron chi connectivity index (χ3n) is 6.90. The van der Waals surface area contributed by atoms with Gasteiger partial charge in [-0.05, 0) is 69.0 Å². The van der Waals surface area contributed by atoms with Gasteiger partial charge in [0, 0.05) is 36.0 Å². The van der Waals surface area contributed by atoms with E-state index in [2.05, 4.69) is 5.10 Å². The molecular weight excluding hydrogens is 473 g/mol. The summed E-state index contributed by atoms with van der Waals surface area (Å²) in [6.45, 7) is 5.02. The largest absolute Gasteiger partial charge is 0.454 e. The number of nitrogens with zero attached hydrogens (tertiary/aromatic N) is 3. The summed E-state index contributed by atoms with van der Waals surface area (Å²) in [4.78, 5) is 31.6. The van der Waals surface area contributed by atoms with Crippen LogP contribution in [0.1, 0.15) is 48.7 Å². The highest BCUT2D eigenvalue weighted by Gasteiger charge is 2.29. The van der Waals surface area contributed by atoms with Gasteiger partial charge in [0.25, 0.3) is 5.91 Å². The Balaban J connectivity index is 1.41. The Morgan fingerprint density at radius 1 is 1.14 bits per heavy atom. The molecule has 9 heteroatoms. The maximum atomic E-state index is 13.9. The number of hydrogen-bond acceptors (Lipinski definition) is 4. The van der Waals surface area contributed by atoms with Crippen molar-refractivity contribution in [1.82, 2.24) is 19.5 Å². The number of ether oxygens (including phenoxy) is 1. The summed E-state index contributed by atoms with van der Waals surface area (Å²) in [6.07, 6.45) is 5.29. The van der Waals surface area contributed by atoms with Gasteiger partial charge in [0.05, 0.1) is 0 Å². The molecule has 3 heterocycles. The van der Waals surface area contributed by atoms with E-state index < -0.39 is 11.7 Å². The Kier molecular flexibility index (Phi) is 6.52. The Hall–Kier alpha value is -4.40. The van der Waals surface area contributed by atoms with Gasteiger partial charge in [-0.2, -0.15) is 0 Å². The van der Waals surface area contributed by atoms with Crippen molar-refractivity contribution in [3.05, 3.63) is 83.5 Å². The summed E-state index contributed by atoms with van der Waals surface area (Å²) in [5, 5.41) is 3.13. The predicted octanol–water partition coefficient (Wildman–Crippen LogP) is 5.03. The number of halogens is 1. The van der Waals surface area contributed by atoms with Crippen LogP contribution in [0.25, 0.3) is 16.9 Å². The van der Waals surface area contributed by atoms with E-state index in [1.807, 2.05) is 31.0 Å². The van der Waals surface area contributed by atoms with Crippen LogP contribution in [0.5, 0.6) is 11.5 Å². The molecule has 1 fully saturated rings. The monoisotopic (exact) mass is 501 g/mol. The zero-order chi connectivity index (χ0) is 26.1. The number of nitrogens with two attached hydrogens (primary N) is 1. The van der Waals surface area contributed by atoms with Crippen molar-refractivity contribution in [2.24, 2.45) is 5.73 Å². The number of H-pyrrole nitrogens is 1. The molecule has 37 heavy (non-hydrogen) atoms. The van der Waals surface area contributed by atoms with Crippen molar-refractivity contribution < 1.29 is 18.7 Å². The Labute approximate surface area is 213 Å². The molecule has 0 spiro atoms. The number of imidazole rings is 1. The number of allylic oxidation sites excluding steroid dienone is 1. The second-order valence-corrected chi connectivity index (χ2v) is 9.16. The smallest absolute Gasteiger partial charge is 0.269 e. The number of para-hydroxylation sites is 1. The third-order valence-corrected chi connectivity index (χ3v) is 6.90. The number of primary amides is 1. The van der Waals surface area contributed by atoms with Crippen molar-refractivity contribution in [3.63, 3.8) is 0 Å². The van der Waals surface area contributed by atoms with Crippen LogP contribution in [0, 0.1) is 5.82 Å². The lowest BCUT2D eigenvalue weighted by molar-refractivity contribution is -0.128. The first kappa shape index (κ1) is 24.3. The standard InChI is InChI=1S/C28H28FN5O3/c1-3-17(2)28(36)33-14-12-18(13-15-33)21-16-31-34-25(26(30)35)24(32-27(21)34)19-8-10-20(11-9-19)37-23-7-5-4-6-22(23)29/h3-11,16,18,31H,12-15H2,1-2H3,(H2,30,35)/b17-3+. The minimum Gasteiger partial charge on any atom is -0.454 e. The fraction of sp³-hybridized carbons (Fsp3) is 0.250. The number of aromatic nitrogens is 3. The molecular formula is C28H28FN5O3. The molecule has 0 saturated carbocycles. The molecule has 0 unspecified atom stereocenters. The number of likely N-dealkylation sites (tertiary alicyclic amines) is 1. The highest BCUT2D eigenvalue weighted by atomic mass is 19.1. The second-order valence-electron chi connectivity index (χ2n) is 9.16. The number of benzene rings is 2. The topological polar surface area (TPSA) is 106 Å². The molecule has 2 aromatic heterocycles. The zero-order valence-electron chi connectivity index (χ0n) is 20.7. The number of fused-ring (bicyclic) bond motifs is 1. The first-order valence-corrected chi connectivity index (χ1v) is 12.2. The van der Waals surface area contributed by atoms with Crippen LogP contribution >= 0.6 is 0 Å². The van der Waals surface area contributed by atoms with Gasteiger partial charge in [0.1, 0.15) is 11.4 Å². The molecule has 0 aliphatic carbocycles. The SMILES string of the molecule is C/C=C(\C)C(=O)N1CCC(c2c[nH]n3c(C(N)=O)c(-c4ccc(Oc5ccccc5F)cc4)nc23)CC1. The predicted molar refractivity (Wildman–Crippen MR) is 138 cm³/mol. The van der Waals surface area contributed by atoms with Crippen LogP contribution in [-0.4, -0.2) is 44.4 Å². The Bertz CT molecular complexity index is 1490. The molecule has 1 saturated heterocycles. The Morgan fingerprint density at radius 2 is 1.84 bits per heavy atom. The molecule has 1 aliphatic heterocycles. The van der Waals surface area contributed by atoms with E-state index in [0.717, 1.165) is 24.0 Å². The van der Waals surface area contributed by atoms with E-state index >= 15 is 0 Å². The molecule has 5 rings (SSSR count). The number of amides is 2. The zero-order valence-corrected chi connectivity index (χ0v) is 20.7. The van der Waals surface area contributed by atoms with Gasteiger partial charge in [-0.3, -0.25) is 14.7 Å². The molecule has 2 amide bonds. The number of piperidine rings is 1. The van der Waals surface area contributed by atoms with Crippen molar-refractivity contribution in [2.75, 3.05) is 13.1 Å². The Morgan fingerprint density at radius 3 is 2.49 bits per heavy atom. The fourth-order valence-corrected chi connectivity index (χ4v) is 4.77. The molecule has 0 radical (unpaired) electrons. The summed E-state index contributed by atoms with van der Waals surface area (Å²) in [6, 6.07) is 13.1. The summed E-state index contributed by atoms with van der Waals surface area (Å²) in [7, 11) is 0. The summed E-state index contributed by atoms with van der Waals surface area (Å²) < 4.78 is 21.2. The minimum absolute atomic E-state index is 0.0710. The first-order valence-electron chi connectivity index (χ1n) is 12.2. The lowest BCUT2D eigenvalue weighted by atomic mass is 9.91. The van der Waals surface area contributed by atoms with E-state index in [0.29, 0.717) is 35.7 Å². The van der Waals surface area contributed by atoms with Gasteiger partial charge in [0.15, 0.2) is 22.9 Å². The lowest BCUT2D eigenvalue weighted by Crippen LogP contribution is -2.38. The number of hydrogen-bond donors (Lipinski definition) is 2. The molecule has 190 valence electrons. The van der Waals surface area contributed by atoms with Crippen molar-refractivity contribution >= 4 is 17.5 Å². The van der Waals surface area contributed by atoms with Gasteiger partial charge < -0.3 is 15.4 Å². The van der Waals surface area contributed by atoms with Crippen LogP contribution in [0.4, 0.5) is 4.39 Å². The molecule has 4 aromatic rings. The molecule has 0 atom stereocenters. The van der Waals surface area contributed by atoms with E-state index in [-0.39, 0.29) is 23.3 Å². The summed E-state index contributed by atoms with van der Waals surface area (Å²) in [5.41, 5.74) is 9.52. The van der Waals surface area contributed by atoms with Gasteiger partial charge in [0.2, 0.25) is 5.91 Å². The highest BCUT2D eigenvalue weighted by Crippen LogP contribution is 2.34. The maximum absolute atomic E-state index is 13.9. The van der Waals surface area contributed by atoms with Crippen molar-refractivity contribution in [3.8, 4) is 22.8 Å². The first-order chi connectivity index (χ1) is 17.9. The molecule has 8 nitrogen and oxygen atoms in total. The van der Waals surface area contributed by atoms with Gasteiger partial charge in [-0.15, -0.1) is 0 Å². The minimum atomic E-state index is -0.607. The van der Waals surface area contributed by atoms with Crippen LogP contribution in [-0.2, 0) is 4.79 Å². The van der Waals surface area contributed by atoms with E-state index in [1.165, 1.54) is 6.07 Å². The van der Waals surface area contributed by atoms with Crippen LogP contribution in [0.2, 0.25) is 0 Å². The fourth-order valence-electron chi connectivity index (χ4n) is 4.77. The van der Waals surface area contributed by atoms with Crippen LogP contribution in [0.15, 0.2) is 66.4 Å². The molecule has 0 bridgehead atoms. The normalized spacial score (nSPS) is 14.8. The average molecular weight is 502 g/mol. The van der Waals surface area contributed by atoms with Gasteiger partial charge >= 0.3 is 0 Å². The molecule has 2 aromatic carbocycles. The molecule has 1 aliphatic rings. The number of nitrogens with one attached hydrogen (secondary N) is 1.